The van der Waals surface area contributed by atoms with Gasteiger partial charge in [-0.3, -0.25) is 9.59 Å². The van der Waals surface area contributed by atoms with Crippen molar-refractivity contribution in [3.05, 3.63) is 59.9 Å². The molecule has 0 saturated heterocycles. The Hall–Kier alpha value is -2.78. The molecule has 0 spiro atoms. The fraction of sp³-hybridized carbons (Fsp3) is 0.333. The lowest BCUT2D eigenvalue weighted by molar-refractivity contribution is -0.116. The minimum absolute atomic E-state index is 0.115. The number of nitrogens with one attached hydrogen (secondary N) is 2. The van der Waals surface area contributed by atoms with Crippen molar-refractivity contribution in [1.29, 1.82) is 0 Å². The second kappa shape index (κ2) is 9.36. The van der Waals surface area contributed by atoms with Gasteiger partial charge in [-0.25, -0.2) is 12.8 Å². The molecule has 9 heteroatoms. The van der Waals surface area contributed by atoms with Gasteiger partial charge >= 0.3 is 0 Å². The Balaban J connectivity index is 1.67. The van der Waals surface area contributed by atoms with E-state index in [2.05, 4.69) is 10.6 Å². The lowest BCUT2D eigenvalue weighted by Gasteiger charge is -2.18. The minimum atomic E-state index is -3.96. The largest absolute Gasteiger partial charge is 0.349 e. The van der Waals surface area contributed by atoms with Crippen molar-refractivity contribution >= 4 is 27.5 Å². The van der Waals surface area contributed by atoms with Gasteiger partial charge in [0, 0.05) is 13.1 Å². The molecule has 2 N–H and O–H groups in total. The van der Waals surface area contributed by atoms with Gasteiger partial charge < -0.3 is 10.6 Å². The zero-order chi connectivity index (χ0) is 21.7. The summed E-state index contributed by atoms with van der Waals surface area (Å²) in [4.78, 5) is 24.9. The van der Waals surface area contributed by atoms with Gasteiger partial charge in [-0.1, -0.05) is 25.0 Å². The second-order valence-corrected chi connectivity index (χ2v) is 9.31. The molecule has 1 aliphatic rings. The normalized spacial score (nSPS) is 14.6. The maximum atomic E-state index is 13.1. The second-order valence-electron chi connectivity index (χ2n) is 7.26. The zero-order valence-corrected chi connectivity index (χ0v) is 17.4. The van der Waals surface area contributed by atoms with E-state index in [4.69, 9.17) is 0 Å². The van der Waals surface area contributed by atoms with Gasteiger partial charge in [0.05, 0.1) is 22.7 Å². The maximum Gasteiger partial charge on any atom is 0.253 e. The van der Waals surface area contributed by atoms with E-state index in [0.717, 1.165) is 54.3 Å². The highest BCUT2D eigenvalue weighted by Crippen LogP contribution is 2.21. The highest BCUT2D eigenvalue weighted by molar-refractivity contribution is 7.89. The number of sulfonamides is 1. The first-order valence-electron chi connectivity index (χ1n) is 9.69. The Morgan fingerprint density at radius 1 is 1.07 bits per heavy atom. The monoisotopic (exact) mass is 433 g/mol. The van der Waals surface area contributed by atoms with Crippen LogP contribution in [0.1, 0.15) is 36.0 Å². The maximum absolute atomic E-state index is 13.1. The Morgan fingerprint density at radius 3 is 2.37 bits per heavy atom. The lowest BCUT2D eigenvalue weighted by atomic mass is 10.1. The topological polar surface area (TPSA) is 95.6 Å². The van der Waals surface area contributed by atoms with Crippen molar-refractivity contribution in [3.8, 4) is 0 Å². The van der Waals surface area contributed by atoms with E-state index >= 15 is 0 Å². The van der Waals surface area contributed by atoms with E-state index in [1.807, 2.05) is 0 Å². The summed E-state index contributed by atoms with van der Waals surface area (Å²) < 4.78 is 39.0. The van der Waals surface area contributed by atoms with Crippen LogP contribution in [0, 0.1) is 5.82 Å². The first-order valence-corrected chi connectivity index (χ1v) is 11.1. The average Bonchev–Trinajstić information content (AvgIpc) is 3.21. The number of rotatable bonds is 7. The number of amides is 2. The van der Waals surface area contributed by atoms with Gasteiger partial charge in [0.1, 0.15) is 5.82 Å². The number of halogens is 1. The molecule has 7 nitrogen and oxygen atoms in total. The van der Waals surface area contributed by atoms with Crippen LogP contribution >= 0.6 is 0 Å². The van der Waals surface area contributed by atoms with Crippen LogP contribution < -0.4 is 10.6 Å². The number of anilines is 1. The number of hydrogen-bond acceptors (Lipinski definition) is 4. The van der Waals surface area contributed by atoms with Crippen molar-refractivity contribution in [2.75, 3.05) is 18.9 Å². The van der Waals surface area contributed by atoms with Crippen LogP contribution in [0.15, 0.2) is 53.4 Å². The first-order chi connectivity index (χ1) is 14.3. The lowest BCUT2D eigenvalue weighted by Crippen LogP contribution is -2.36. The van der Waals surface area contributed by atoms with Gasteiger partial charge in [-0.15, -0.1) is 0 Å². The van der Waals surface area contributed by atoms with E-state index in [-0.39, 0.29) is 16.8 Å². The molecule has 160 valence electrons. The van der Waals surface area contributed by atoms with Gasteiger partial charge in [-0.2, -0.15) is 4.31 Å². The van der Waals surface area contributed by atoms with Crippen LogP contribution in [0.5, 0.6) is 0 Å². The van der Waals surface area contributed by atoms with Gasteiger partial charge in [0.25, 0.3) is 5.91 Å². The van der Waals surface area contributed by atoms with Crippen LogP contribution in [0.2, 0.25) is 0 Å². The summed E-state index contributed by atoms with van der Waals surface area (Å²) in [6, 6.07) is 11.1. The molecule has 30 heavy (non-hydrogen) atoms. The van der Waals surface area contributed by atoms with Crippen LogP contribution in [0.3, 0.4) is 0 Å². The fourth-order valence-electron chi connectivity index (χ4n) is 3.39. The quantitative estimate of drug-likeness (QED) is 0.702. The third-order valence-corrected chi connectivity index (χ3v) is 6.84. The molecular formula is C21H24FN3O4S. The molecule has 0 aliphatic heterocycles. The Labute approximate surface area is 175 Å². The smallest absolute Gasteiger partial charge is 0.253 e. The predicted octanol–water partition coefficient (Wildman–Crippen LogP) is 2.76. The third-order valence-electron chi connectivity index (χ3n) is 5.02. The molecule has 1 fully saturated rings. The average molecular weight is 434 g/mol. The number of carbonyl (C=O) groups excluding carboxylic acids is 2. The summed E-state index contributed by atoms with van der Waals surface area (Å²) in [5.74, 6) is -1.42. The number of benzene rings is 2. The van der Waals surface area contributed by atoms with Crippen molar-refractivity contribution in [2.24, 2.45) is 0 Å². The van der Waals surface area contributed by atoms with E-state index < -0.39 is 28.3 Å². The van der Waals surface area contributed by atoms with E-state index in [0.29, 0.717) is 11.3 Å². The van der Waals surface area contributed by atoms with E-state index in [1.54, 1.807) is 24.3 Å². The Kier molecular flexibility index (Phi) is 6.84. The van der Waals surface area contributed by atoms with Crippen LogP contribution in [-0.2, 0) is 14.8 Å². The van der Waals surface area contributed by atoms with Gasteiger partial charge in [-0.05, 0) is 49.2 Å². The molecule has 0 bridgehead atoms. The molecule has 2 aromatic carbocycles. The molecule has 1 saturated carbocycles. The molecule has 1 aliphatic carbocycles. The van der Waals surface area contributed by atoms with Crippen LogP contribution in [0.4, 0.5) is 10.1 Å². The number of likely N-dealkylation sites (N-methyl/N-ethyl adjacent to an activating group) is 1. The Bertz CT molecular complexity index is 1020. The summed E-state index contributed by atoms with van der Waals surface area (Å²) in [6.07, 6.45) is 4.04. The molecule has 0 unspecified atom stereocenters. The number of para-hydroxylation sites is 1. The summed E-state index contributed by atoms with van der Waals surface area (Å²) >= 11 is 0. The van der Waals surface area contributed by atoms with Crippen molar-refractivity contribution in [3.63, 3.8) is 0 Å². The molecule has 2 amide bonds. The number of nitrogens with zero attached hydrogens (tertiary/aromatic N) is 1. The number of carbonyl (C=O) groups is 2. The van der Waals surface area contributed by atoms with E-state index in [9.17, 15) is 22.4 Å². The highest BCUT2D eigenvalue weighted by Gasteiger charge is 2.24. The highest BCUT2D eigenvalue weighted by atomic mass is 32.2. The number of hydrogen-bond donors (Lipinski definition) is 2. The van der Waals surface area contributed by atoms with Gasteiger partial charge in [0.15, 0.2) is 0 Å². The summed E-state index contributed by atoms with van der Waals surface area (Å²) in [5, 5.41) is 5.59. The fourth-order valence-corrected chi connectivity index (χ4v) is 4.51. The molecule has 2 aromatic rings. The molecule has 0 radical (unpaired) electrons. The van der Waals surface area contributed by atoms with Crippen LogP contribution in [0.25, 0.3) is 0 Å². The SMILES string of the molecule is CN(CC(=O)Nc1ccccc1C(=O)NC1CCCC1)S(=O)(=O)c1ccc(F)cc1. The third kappa shape index (κ3) is 5.22. The molecular weight excluding hydrogens is 409 g/mol. The van der Waals surface area contributed by atoms with E-state index in [1.165, 1.54) is 7.05 Å². The van der Waals surface area contributed by atoms with Crippen molar-refractivity contribution < 1.29 is 22.4 Å². The van der Waals surface area contributed by atoms with Crippen molar-refractivity contribution in [1.82, 2.24) is 9.62 Å². The minimum Gasteiger partial charge on any atom is -0.349 e. The Morgan fingerprint density at radius 2 is 1.70 bits per heavy atom. The standard InChI is InChI=1S/C21H24FN3O4S/c1-25(30(28,29)17-12-10-15(22)11-13-17)14-20(26)24-19-9-5-4-8-18(19)21(27)23-16-6-2-3-7-16/h4-5,8-13,16H,2-3,6-7,14H2,1H3,(H,23,27)(H,24,26). The summed E-state index contributed by atoms with van der Waals surface area (Å²) in [5.41, 5.74) is 0.632. The summed E-state index contributed by atoms with van der Waals surface area (Å²) in [7, 11) is -2.70. The first kappa shape index (κ1) is 21.9. The summed E-state index contributed by atoms with van der Waals surface area (Å²) in [6.45, 7) is -0.460. The molecule has 0 heterocycles. The molecule has 3 rings (SSSR count). The molecule has 0 atom stereocenters. The van der Waals surface area contributed by atoms with Crippen LogP contribution in [-0.4, -0.2) is 44.2 Å². The van der Waals surface area contributed by atoms with Crippen molar-refractivity contribution in [2.45, 2.75) is 36.6 Å². The predicted molar refractivity (Wildman–Crippen MR) is 111 cm³/mol. The zero-order valence-electron chi connectivity index (χ0n) is 16.6. The molecule has 0 aromatic heterocycles. The van der Waals surface area contributed by atoms with Gasteiger partial charge in [0.2, 0.25) is 15.9 Å².